The first-order valence-corrected chi connectivity index (χ1v) is 9.38. The zero-order chi connectivity index (χ0) is 16.7. The fourth-order valence-corrected chi connectivity index (χ4v) is 5.03. The van der Waals surface area contributed by atoms with Crippen molar-refractivity contribution in [2.75, 3.05) is 12.4 Å². The van der Waals surface area contributed by atoms with E-state index in [9.17, 15) is 9.59 Å². The number of hydrogen-bond donors (Lipinski definition) is 2. The molecule has 0 atom stereocenters. The molecule has 24 heavy (non-hydrogen) atoms. The number of thiazole rings is 1. The summed E-state index contributed by atoms with van der Waals surface area (Å²) in [5.41, 5.74) is 4.94. The SMILES string of the molecule is CNC(=O)c1c(NC(=O)c2ccc3ncsc3c2)sc2c1CCC2. The highest BCUT2D eigenvalue weighted by molar-refractivity contribution is 7.17. The lowest BCUT2D eigenvalue weighted by molar-refractivity contribution is 0.0963. The highest BCUT2D eigenvalue weighted by atomic mass is 32.1. The number of amides is 2. The summed E-state index contributed by atoms with van der Waals surface area (Å²) in [6, 6.07) is 5.44. The van der Waals surface area contributed by atoms with E-state index in [0.717, 1.165) is 35.0 Å². The Balaban J connectivity index is 1.67. The number of nitrogens with one attached hydrogen (secondary N) is 2. The topological polar surface area (TPSA) is 71.1 Å². The number of hydrogen-bond acceptors (Lipinski definition) is 5. The van der Waals surface area contributed by atoms with Crippen LogP contribution in [-0.2, 0) is 12.8 Å². The molecule has 0 saturated carbocycles. The average Bonchev–Trinajstić information content (AvgIpc) is 3.28. The Morgan fingerprint density at radius 1 is 1.21 bits per heavy atom. The molecule has 7 heteroatoms. The fourth-order valence-electron chi connectivity index (χ4n) is 3.03. The Morgan fingerprint density at radius 3 is 2.92 bits per heavy atom. The molecule has 0 saturated heterocycles. The van der Waals surface area contributed by atoms with E-state index in [1.807, 2.05) is 12.1 Å². The van der Waals surface area contributed by atoms with E-state index in [0.29, 0.717) is 16.1 Å². The molecule has 2 amide bonds. The van der Waals surface area contributed by atoms with E-state index in [1.54, 1.807) is 18.6 Å². The zero-order valence-corrected chi connectivity index (χ0v) is 14.6. The smallest absolute Gasteiger partial charge is 0.256 e. The van der Waals surface area contributed by atoms with Crippen LogP contribution in [0.1, 0.15) is 37.6 Å². The summed E-state index contributed by atoms with van der Waals surface area (Å²) >= 11 is 3.02. The number of rotatable bonds is 3. The first-order chi connectivity index (χ1) is 11.7. The van der Waals surface area contributed by atoms with Crippen LogP contribution in [-0.4, -0.2) is 23.8 Å². The van der Waals surface area contributed by atoms with Crippen LogP contribution in [0, 0.1) is 0 Å². The molecule has 0 fully saturated rings. The number of benzene rings is 1. The molecule has 0 radical (unpaired) electrons. The predicted molar refractivity (Wildman–Crippen MR) is 97.3 cm³/mol. The Labute approximate surface area is 146 Å². The van der Waals surface area contributed by atoms with Crippen LogP contribution in [0.4, 0.5) is 5.00 Å². The Bertz CT molecular complexity index is 958. The van der Waals surface area contributed by atoms with Gasteiger partial charge in [0, 0.05) is 17.5 Å². The highest BCUT2D eigenvalue weighted by Crippen LogP contribution is 2.39. The summed E-state index contributed by atoms with van der Waals surface area (Å²) in [5.74, 6) is -0.335. The quantitative estimate of drug-likeness (QED) is 0.754. The fraction of sp³-hybridized carbons (Fsp3) is 0.235. The lowest BCUT2D eigenvalue weighted by atomic mass is 10.1. The molecule has 0 bridgehead atoms. The van der Waals surface area contributed by atoms with Gasteiger partial charge in [0.05, 0.1) is 21.3 Å². The number of carbonyl (C=O) groups excluding carboxylic acids is 2. The summed E-state index contributed by atoms with van der Waals surface area (Å²) in [5, 5.41) is 6.26. The van der Waals surface area contributed by atoms with Crippen molar-refractivity contribution in [2.45, 2.75) is 19.3 Å². The number of anilines is 1. The van der Waals surface area contributed by atoms with Gasteiger partial charge in [0.25, 0.3) is 11.8 Å². The first-order valence-electron chi connectivity index (χ1n) is 7.68. The standard InChI is InChI=1S/C17H15N3O2S2/c1-18-16(22)14-10-3-2-4-12(10)24-17(14)20-15(21)9-5-6-11-13(7-9)23-8-19-11/h5-8H,2-4H2,1H3,(H,18,22)(H,20,21). The van der Waals surface area contributed by atoms with Crippen molar-refractivity contribution in [1.29, 1.82) is 0 Å². The summed E-state index contributed by atoms with van der Waals surface area (Å²) < 4.78 is 0.975. The molecule has 0 unspecified atom stereocenters. The van der Waals surface area contributed by atoms with Crippen LogP contribution in [0.25, 0.3) is 10.2 Å². The maximum atomic E-state index is 12.6. The minimum absolute atomic E-state index is 0.136. The normalized spacial score (nSPS) is 13.0. The van der Waals surface area contributed by atoms with Crippen molar-refractivity contribution in [3.8, 4) is 0 Å². The van der Waals surface area contributed by atoms with Crippen molar-refractivity contribution in [3.05, 3.63) is 45.3 Å². The van der Waals surface area contributed by atoms with Gasteiger partial charge in [-0.2, -0.15) is 0 Å². The largest absolute Gasteiger partial charge is 0.355 e. The number of aromatic nitrogens is 1. The molecule has 1 aliphatic carbocycles. The van der Waals surface area contributed by atoms with E-state index in [-0.39, 0.29) is 11.8 Å². The van der Waals surface area contributed by atoms with Gasteiger partial charge in [-0.25, -0.2) is 4.98 Å². The van der Waals surface area contributed by atoms with Gasteiger partial charge in [-0.05, 0) is 43.0 Å². The zero-order valence-electron chi connectivity index (χ0n) is 13.0. The van der Waals surface area contributed by atoms with Crippen LogP contribution in [0.15, 0.2) is 23.7 Å². The second-order valence-corrected chi connectivity index (χ2v) is 7.62. The van der Waals surface area contributed by atoms with Gasteiger partial charge in [0.1, 0.15) is 5.00 Å². The molecule has 0 aliphatic heterocycles. The molecule has 5 nitrogen and oxygen atoms in total. The minimum atomic E-state index is -0.199. The average molecular weight is 357 g/mol. The lowest BCUT2D eigenvalue weighted by Gasteiger charge is -2.07. The molecule has 122 valence electrons. The van der Waals surface area contributed by atoms with Gasteiger partial charge in [-0.3, -0.25) is 9.59 Å². The molecule has 2 N–H and O–H groups in total. The van der Waals surface area contributed by atoms with E-state index in [4.69, 9.17) is 0 Å². The van der Waals surface area contributed by atoms with Gasteiger partial charge in [-0.1, -0.05) is 0 Å². The number of nitrogens with zero attached hydrogens (tertiary/aromatic N) is 1. The number of thiophene rings is 1. The Hall–Kier alpha value is -2.25. The maximum absolute atomic E-state index is 12.6. The summed E-state index contributed by atoms with van der Waals surface area (Å²) in [6.07, 6.45) is 2.95. The second kappa shape index (κ2) is 5.99. The van der Waals surface area contributed by atoms with Crippen molar-refractivity contribution >= 4 is 49.7 Å². The second-order valence-electron chi connectivity index (χ2n) is 5.63. The molecule has 2 aromatic heterocycles. The molecule has 1 aliphatic rings. The first kappa shape index (κ1) is 15.3. The van der Waals surface area contributed by atoms with Gasteiger partial charge in [-0.15, -0.1) is 22.7 Å². The van der Waals surface area contributed by atoms with E-state index in [2.05, 4.69) is 15.6 Å². The third-order valence-corrected chi connectivity index (χ3v) is 6.19. The van der Waals surface area contributed by atoms with E-state index in [1.165, 1.54) is 27.6 Å². The van der Waals surface area contributed by atoms with Gasteiger partial charge in [0.15, 0.2) is 0 Å². The van der Waals surface area contributed by atoms with Crippen LogP contribution in [0.5, 0.6) is 0 Å². The van der Waals surface area contributed by atoms with Crippen LogP contribution in [0.3, 0.4) is 0 Å². The van der Waals surface area contributed by atoms with Crippen LogP contribution in [0.2, 0.25) is 0 Å². The summed E-state index contributed by atoms with van der Waals surface area (Å²) in [4.78, 5) is 30.3. The Kier molecular flexibility index (Phi) is 3.82. The van der Waals surface area contributed by atoms with Crippen molar-refractivity contribution in [2.24, 2.45) is 0 Å². The molecular formula is C17H15N3O2S2. The number of aryl methyl sites for hydroxylation is 1. The van der Waals surface area contributed by atoms with Gasteiger partial charge >= 0.3 is 0 Å². The van der Waals surface area contributed by atoms with Crippen molar-refractivity contribution in [1.82, 2.24) is 10.3 Å². The number of fused-ring (bicyclic) bond motifs is 2. The monoisotopic (exact) mass is 357 g/mol. The van der Waals surface area contributed by atoms with Crippen molar-refractivity contribution < 1.29 is 9.59 Å². The molecule has 1 aromatic carbocycles. The van der Waals surface area contributed by atoms with E-state index < -0.39 is 0 Å². The predicted octanol–water partition coefficient (Wildman–Crippen LogP) is 3.46. The Morgan fingerprint density at radius 2 is 2.08 bits per heavy atom. The van der Waals surface area contributed by atoms with Crippen LogP contribution < -0.4 is 10.6 Å². The van der Waals surface area contributed by atoms with Gasteiger partial charge in [0.2, 0.25) is 0 Å². The number of carbonyl (C=O) groups is 2. The highest BCUT2D eigenvalue weighted by Gasteiger charge is 2.27. The molecule has 4 rings (SSSR count). The molecular weight excluding hydrogens is 342 g/mol. The molecule has 2 heterocycles. The van der Waals surface area contributed by atoms with Gasteiger partial charge < -0.3 is 10.6 Å². The summed E-state index contributed by atoms with van der Waals surface area (Å²) in [6.45, 7) is 0. The third kappa shape index (κ3) is 2.50. The van der Waals surface area contributed by atoms with Crippen molar-refractivity contribution in [3.63, 3.8) is 0 Å². The lowest BCUT2D eigenvalue weighted by Crippen LogP contribution is -2.21. The third-order valence-electron chi connectivity index (χ3n) is 4.20. The van der Waals surface area contributed by atoms with Crippen LogP contribution >= 0.6 is 22.7 Å². The minimum Gasteiger partial charge on any atom is -0.355 e. The van der Waals surface area contributed by atoms with E-state index >= 15 is 0 Å². The summed E-state index contributed by atoms with van der Waals surface area (Å²) in [7, 11) is 1.62. The molecule has 3 aromatic rings. The maximum Gasteiger partial charge on any atom is 0.256 e. The molecule has 0 spiro atoms.